The van der Waals surface area contributed by atoms with Gasteiger partial charge in [-0.1, -0.05) is 48.2 Å². The minimum atomic E-state index is -0.956. The van der Waals surface area contributed by atoms with Gasteiger partial charge in [0.15, 0.2) is 5.65 Å². The predicted octanol–water partition coefficient (Wildman–Crippen LogP) is 5.20. The molecule has 8 heteroatoms. The van der Waals surface area contributed by atoms with Crippen LogP contribution in [0.3, 0.4) is 0 Å². The molecule has 3 heterocycles. The van der Waals surface area contributed by atoms with Crippen LogP contribution in [0.4, 0.5) is 5.82 Å². The molecule has 0 bridgehead atoms. The van der Waals surface area contributed by atoms with Crippen molar-refractivity contribution in [2.24, 2.45) is 0 Å². The minimum Gasteiger partial charge on any atom is -0.478 e. The van der Waals surface area contributed by atoms with E-state index in [0.717, 1.165) is 37.9 Å². The van der Waals surface area contributed by atoms with Crippen molar-refractivity contribution in [1.82, 2.24) is 19.6 Å². The Labute approximate surface area is 193 Å². The molecule has 0 amide bonds. The largest absolute Gasteiger partial charge is 0.478 e. The second-order valence-electron chi connectivity index (χ2n) is 7.45. The van der Waals surface area contributed by atoms with E-state index in [9.17, 15) is 4.79 Å². The predicted molar refractivity (Wildman–Crippen MR) is 128 cm³/mol. The van der Waals surface area contributed by atoms with E-state index in [0.29, 0.717) is 11.5 Å². The molecule has 7 nitrogen and oxygen atoms in total. The average Bonchev–Trinajstić information content (AvgIpc) is 3.27. The van der Waals surface area contributed by atoms with Crippen molar-refractivity contribution in [3.05, 3.63) is 90.3 Å². The van der Waals surface area contributed by atoms with Gasteiger partial charge in [-0.15, -0.1) is 0 Å². The molecule has 5 rings (SSSR count). The summed E-state index contributed by atoms with van der Waals surface area (Å²) < 4.78 is 1.63. The van der Waals surface area contributed by atoms with Gasteiger partial charge in [-0.05, 0) is 37.3 Å². The van der Waals surface area contributed by atoms with E-state index in [1.165, 1.54) is 11.8 Å². The summed E-state index contributed by atoms with van der Waals surface area (Å²) in [5.74, 6) is -0.452. The molecule has 0 fully saturated rings. The van der Waals surface area contributed by atoms with Gasteiger partial charge in [-0.2, -0.15) is 9.61 Å². The van der Waals surface area contributed by atoms with Crippen molar-refractivity contribution in [3.8, 4) is 22.4 Å². The molecule has 0 saturated heterocycles. The quantitative estimate of drug-likeness (QED) is 0.352. The lowest BCUT2D eigenvalue weighted by molar-refractivity contribution is 0.0697. The summed E-state index contributed by atoms with van der Waals surface area (Å²) in [4.78, 5) is 21.4. The van der Waals surface area contributed by atoms with Crippen molar-refractivity contribution in [2.75, 3.05) is 5.73 Å². The van der Waals surface area contributed by atoms with Gasteiger partial charge in [-0.3, -0.25) is 4.98 Å². The van der Waals surface area contributed by atoms with E-state index in [-0.39, 0.29) is 5.56 Å². The van der Waals surface area contributed by atoms with E-state index in [2.05, 4.69) is 10.1 Å². The van der Waals surface area contributed by atoms with Gasteiger partial charge in [0.1, 0.15) is 10.8 Å². The molecule has 0 radical (unpaired) electrons. The van der Waals surface area contributed by atoms with E-state index in [4.69, 9.17) is 15.8 Å². The first kappa shape index (κ1) is 20.7. The van der Waals surface area contributed by atoms with Crippen LogP contribution in [0.5, 0.6) is 0 Å². The number of hydrogen-bond donors (Lipinski definition) is 2. The maximum absolute atomic E-state index is 11.1. The molecule has 33 heavy (non-hydrogen) atoms. The third-order valence-corrected chi connectivity index (χ3v) is 6.44. The molecular formula is C25H19N5O2S. The first-order valence-corrected chi connectivity index (χ1v) is 11.0. The molecule has 0 aliphatic carbocycles. The summed E-state index contributed by atoms with van der Waals surface area (Å²) in [6, 6.07) is 20.7. The third-order valence-electron chi connectivity index (χ3n) is 5.34. The summed E-state index contributed by atoms with van der Waals surface area (Å²) in [5.41, 5.74) is 11.7. The highest BCUT2D eigenvalue weighted by Crippen LogP contribution is 2.34. The normalized spacial score (nSPS) is 11.1. The first-order chi connectivity index (χ1) is 16.0. The summed E-state index contributed by atoms with van der Waals surface area (Å²) in [6.07, 6.45) is 3.56. The van der Waals surface area contributed by atoms with E-state index >= 15 is 0 Å². The number of nitrogens with zero attached hydrogens (tertiary/aromatic N) is 4. The Morgan fingerprint density at radius 1 is 0.970 bits per heavy atom. The highest BCUT2D eigenvalue weighted by molar-refractivity contribution is 7.99. The molecule has 0 aliphatic heterocycles. The van der Waals surface area contributed by atoms with Crippen LogP contribution in [0.25, 0.3) is 28.0 Å². The number of anilines is 1. The SMILES string of the molecule is Cc1c(Sc2ccc(C(=O)O)cc2)nc2c(-c3ccc(-c4ccccc4)nc3)cnn2c1N. The lowest BCUT2D eigenvalue weighted by Gasteiger charge is -2.10. The van der Waals surface area contributed by atoms with Crippen molar-refractivity contribution in [2.45, 2.75) is 16.8 Å². The Balaban J connectivity index is 1.52. The van der Waals surface area contributed by atoms with Crippen LogP contribution in [0.1, 0.15) is 15.9 Å². The number of hydrogen-bond acceptors (Lipinski definition) is 6. The molecular weight excluding hydrogens is 434 g/mol. The molecule has 3 aromatic heterocycles. The van der Waals surface area contributed by atoms with Crippen LogP contribution < -0.4 is 5.73 Å². The van der Waals surface area contributed by atoms with Crippen molar-refractivity contribution >= 4 is 29.2 Å². The highest BCUT2D eigenvalue weighted by atomic mass is 32.2. The number of carboxylic acid groups (broad SMARTS) is 1. The van der Waals surface area contributed by atoms with Gasteiger partial charge in [-0.25, -0.2) is 9.78 Å². The smallest absolute Gasteiger partial charge is 0.335 e. The third kappa shape index (κ3) is 3.92. The second kappa shape index (κ2) is 8.40. The van der Waals surface area contributed by atoms with Crippen LogP contribution in [-0.2, 0) is 0 Å². The van der Waals surface area contributed by atoms with E-state index < -0.39 is 5.97 Å². The fourth-order valence-corrected chi connectivity index (χ4v) is 4.37. The molecule has 3 N–H and O–H groups in total. The van der Waals surface area contributed by atoms with Gasteiger partial charge >= 0.3 is 5.97 Å². The molecule has 0 aliphatic rings. The molecule has 0 atom stereocenters. The van der Waals surface area contributed by atoms with Crippen molar-refractivity contribution in [3.63, 3.8) is 0 Å². The summed E-state index contributed by atoms with van der Waals surface area (Å²) in [6.45, 7) is 1.90. The first-order valence-electron chi connectivity index (χ1n) is 10.2. The zero-order valence-corrected chi connectivity index (χ0v) is 18.5. The van der Waals surface area contributed by atoms with Gasteiger partial charge in [0.2, 0.25) is 0 Å². The maximum atomic E-state index is 11.1. The Hall–Kier alpha value is -4.17. The molecule has 2 aromatic carbocycles. The molecule has 0 spiro atoms. The Bertz CT molecular complexity index is 1460. The molecule has 0 saturated carbocycles. The number of rotatable bonds is 5. The molecule has 5 aromatic rings. The zero-order chi connectivity index (χ0) is 22.9. The number of nitrogens with two attached hydrogens (primary N) is 1. The van der Waals surface area contributed by atoms with E-state index in [1.807, 2.05) is 55.6 Å². The summed E-state index contributed by atoms with van der Waals surface area (Å²) in [7, 11) is 0. The lowest BCUT2D eigenvalue weighted by atomic mass is 10.1. The van der Waals surface area contributed by atoms with Crippen molar-refractivity contribution in [1.29, 1.82) is 0 Å². The number of aromatic carboxylic acids is 1. The summed E-state index contributed by atoms with van der Waals surface area (Å²) in [5, 5.41) is 14.3. The number of nitrogen functional groups attached to an aromatic ring is 1. The van der Waals surface area contributed by atoms with Crippen LogP contribution in [0, 0.1) is 6.92 Å². The molecule has 162 valence electrons. The van der Waals surface area contributed by atoms with Crippen molar-refractivity contribution < 1.29 is 9.90 Å². The van der Waals surface area contributed by atoms with Gasteiger partial charge in [0.05, 0.1) is 17.5 Å². The standard InChI is InChI=1S/C25H19N5O2S/c1-15-22(26)30-23(29-24(15)33-19-10-7-17(8-11-19)25(31)32)20(14-28-30)18-9-12-21(27-13-18)16-5-3-2-4-6-16/h2-14H,26H2,1H3,(H,31,32). The average molecular weight is 454 g/mol. The topological polar surface area (TPSA) is 106 Å². The number of fused-ring (bicyclic) bond motifs is 1. The van der Waals surface area contributed by atoms with Gasteiger partial charge < -0.3 is 10.8 Å². The second-order valence-corrected chi connectivity index (χ2v) is 8.51. The van der Waals surface area contributed by atoms with Crippen LogP contribution >= 0.6 is 11.8 Å². The minimum absolute atomic E-state index is 0.239. The Morgan fingerprint density at radius 2 is 1.73 bits per heavy atom. The number of aromatic nitrogens is 4. The number of pyridine rings is 1. The molecule has 0 unspecified atom stereocenters. The highest BCUT2D eigenvalue weighted by Gasteiger charge is 2.17. The van der Waals surface area contributed by atoms with Crippen LogP contribution in [0.15, 0.2) is 89.0 Å². The lowest BCUT2D eigenvalue weighted by Crippen LogP contribution is -2.05. The Morgan fingerprint density at radius 3 is 2.39 bits per heavy atom. The Kier molecular flexibility index (Phi) is 5.27. The number of carboxylic acids is 1. The zero-order valence-electron chi connectivity index (χ0n) is 17.6. The van der Waals surface area contributed by atoms with E-state index in [1.54, 1.807) is 35.0 Å². The number of benzene rings is 2. The van der Waals surface area contributed by atoms with Crippen LogP contribution in [0.2, 0.25) is 0 Å². The van der Waals surface area contributed by atoms with Crippen LogP contribution in [-0.4, -0.2) is 30.7 Å². The van der Waals surface area contributed by atoms with Gasteiger partial charge in [0, 0.05) is 33.3 Å². The monoisotopic (exact) mass is 453 g/mol. The van der Waals surface area contributed by atoms with Gasteiger partial charge in [0.25, 0.3) is 0 Å². The summed E-state index contributed by atoms with van der Waals surface area (Å²) >= 11 is 1.43. The maximum Gasteiger partial charge on any atom is 0.335 e. The number of carbonyl (C=O) groups is 1. The fraction of sp³-hybridized carbons (Fsp3) is 0.0400. The fourth-order valence-electron chi connectivity index (χ4n) is 3.49.